The van der Waals surface area contributed by atoms with Crippen LogP contribution in [0, 0.1) is 0 Å². The van der Waals surface area contributed by atoms with Crippen molar-refractivity contribution in [3.8, 4) is 11.5 Å². The van der Waals surface area contributed by atoms with Crippen molar-refractivity contribution >= 4 is 29.2 Å². The first-order valence-corrected chi connectivity index (χ1v) is 8.32. The summed E-state index contributed by atoms with van der Waals surface area (Å²) in [5, 5.41) is 3.01. The Balaban J connectivity index is 1.78. The second-order valence-electron chi connectivity index (χ2n) is 5.38. The number of para-hydroxylation sites is 1. The summed E-state index contributed by atoms with van der Waals surface area (Å²) in [5.74, 6) is 0.305. The molecule has 138 valence electrons. The summed E-state index contributed by atoms with van der Waals surface area (Å²) in [6.45, 7) is -0.365. The fourth-order valence-electron chi connectivity index (χ4n) is 2.25. The zero-order valence-electron chi connectivity index (χ0n) is 14.6. The van der Waals surface area contributed by atoms with E-state index in [0.717, 1.165) is 5.56 Å². The Morgan fingerprint density at radius 3 is 2.46 bits per heavy atom. The van der Waals surface area contributed by atoms with Crippen LogP contribution in [-0.4, -0.2) is 32.7 Å². The van der Waals surface area contributed by atoms with Crippen LogP contribution in [0.3, 0.4) is 0 Å². The maximum atomic E-state index is 11.8. The molecule has 2 rings (SSSR count). The van der Waals surface area contributed by atoms with Crippen LogP contribution in [-0.2, 0) is 20.7 Å². The number of rotatable bonds is 8. The van der Waals surface area contributed by atoms with Crippen LogP contribution in [0.15, 0.2) is 42.5 Å². The first kappa shape index (κ1) is 19.6. The summed E-state index contributed by atoms with van der Waals surface area (Å²) in [6, 6.07) is 12.2. The van der Waals surface area contributed by atoms with Crippen LogP contribution in [0.1, 0.15) is 12.0 Å². The molecule has 0 heterocycles. The number of halogens is 1. The number of carbonyl (C=O) groups is 2. The molecule has 0 aromatic heterocycles. The number of hydrogen-bond acceptors (Lipinski definition) is 5. The number of carbonyl (C=O) groups excluding carboxylic acids is 2. The molecule has 0 atom stereocenters. The molecule has 6 nitrogen and oxygen atoms in total. The number of ether oxygens (including phenoxy) is 3. The SMILES string of the molecule is COc1ccc(CCC(=O)OCC(=O)Nc2ccccc2Cl)cc1OC. The van der Waals surface area contributed by atoms with Crippen molar-refractivity contribution in [2.45, 2.75) is 12.8 Å². The number of benzene rings is 2. The highest BCUT2D eigenvalue weighted by Crippen LogP contribution is 2.28. The Labute approximate surface area is 157 Å². The second-order valence-corrected chi connectivity index (χ2v) is 5.79. The monoisotopic (exact) mass is 377 g/mol. The molecule has 0 saturated carbocycles. The van der Waals surface area contributed by atoms with Gasteiger partial charge in [-0.25, -0.2) is 0 Å². The van der Waals surface area contributed by atoms with Crippen molar-refractivity contribution in [3.63, 3.8) is 0 Å². The van der Waals surface area contributed by atoms with Crippen molar-refractivity contribution in [1.82, 2.24) is 0 Å². The number of esters is 1. The lowest BCUT2D eigenvalue weighted by atomic mass is 10.1. The zero-order valence-corrected chi connectivity index (χ0v) is 15.3. The Hall–Kier alpha value is -2.73. The molecule has 2 aromatic carbocycles. The number of nitrogens with one attached hydrogen (secondary N) is 1. The summed E-state index contributed by atoms with van der Waals surface area (Å²) in [4.78, 5) is 23.7. The van der Waals surface area contributed by atoms with Gasteiger partial charge in [0.05, 0.1) is 24.9 Å². The molecular formula is C19H20ClNO5. The molecule has 0 unspecified atom stereocenters. The third-order valence-corrected chi connectivity index (χ3v) is 3.91. The lowest BCUT2D eigenvalue weighted by Crippen LogP contribution is -2.21. The summed E-state index contributed by atoms with van der Waals surface area (Å²) in [5.41, 5.74) is 1.38. The van der Waals surface area contributed by atoms with Gasteiger partial charge in [-0.1, -0.05) is 29.8 Å². The maximum absolute atomic E-state index is 11.8. The van der Waals surface area contributed by atoms with Crippen LogP contribution in [0.4, 0.5) is 5.69 Å². The van der Waals surface area contributed by atoms with Gasteiger partial charge in [0.1, 0.15) is 0 Å². The van der Waals surface area contributed by atoms with Gasteiger partial charge in [0, 0.05) is 6.42 Å². The summed E-state index contributed by atoms with van der Waals surface area (Å²) in [6.07, 6.45) is 0.611. The van der Waals surface area contributed by atoms with E-state index in [9.17, 15) is 9.59 Å². The first-order chi connectivity index (χ1) is 12.5. The standard InChI is InChI=1S/C19H20ClNO5/c1-24-16-9-7-13(11-17(16)25-2)8-10-19(23)26-12-18(22)21-15-6-4-3-5-14(15)20/h3-7,9,11H,8,10,12H2,1-2H3,(H,21,22). The van der Waals surface area contributed by atoms with E-state index < -0.39 is 11.9 Å². The highest BCUT2D eigenvalue weighted by Gasteiger charge is 2.11. The van der Waals surface area contributed by atoms with Crippen LogP contribution in [0.25, 0.3) is 0 Å². The van der Waals surface area contributed by atoms with Crippen LogP contribution in [0.2, 0.25) is 5.02 Å². The molecule has 26 heavy (non-hydrogen) atoms. The molecule has 0 spiro atoms. The maximum Gasteiger partial charge on any atom is 0.306 e. The Kier molecular flexibility index (Phi) is 7.29. The van der Waals surface area contributed by atoms with Gasteiger partial charge in [0.2, 0.25) is 0 Å². The van der Waals surface area contributed by atoms with Gasteiger partial charge in [-0.05, 0) is 36.2 Å². The van der Waals surface area contributed by atoms with E-state index in [1.165, 1.54) is 0 Å². The van der Waals surface area contributed by atoms with Gasteiger partial charge < -0.3 is 19.5 Å². The van der Waals surface area contributed by atoms with E-state index in [4.69, 9.17) is 25.8 Å². The Morgan fingerprint density at radius 1 is 1.04 bits per heavy atom. The fraction of sp³-hybridized carbons (Fsp3) is 0.263. The van der Waals surface area contributed by atoms with E-state index in [1.807, 2.05) is 6.07 Å². The predicted octanol–water partition coefficient (Wildman–Crippen LogP) is 3.47. The number of aryl methyl sites for hydroxylation is 1. The van der Waals surface area contributed by atoms with Crippen LogP contribution < -0.4 is 14.8 Å². The molecule has 0 bridgehead atoms. The van der Waals surface area contributed by atoms with Gasteiger partial charge >= 0.3 is 5.97 Å². The van der Waals surface area contributed by atoms with Crippen molar-refractivity contribution < 1.29 is 23.8 Å². The van der Waals surface area contributed by atoms with Crippen molar-refractivity contribution in [2.24, 2.45) is 0 Å². The topological polar surface area (TPSA) is 73.9 Å². The quantitative estimate of drug-likeness (QED) is 0.713. The molecule has 1 N–H and O–H groups in total. The normalized spacial score (nSPS) is 10.1. The van der Waals surface area contributed by atoms with E-state index in [2.05, 4.69) is 5.32 Å². The fourth-order valence-corrected chi connectivity index (χ4v) is 2.43. The minimum absolute atomic E-state index is 0.148. The first-order valence-electron chi connectivity index (χ1n) is 7.94. The molecule has 1 amide bonds. The van der Waals surface area contributed by atoms with Gasteiger partial charge in [-0.15, -0.1) is 0 Å². The van der Waals surface area contributed by atoms with Crippen molar-refractivity contribution in [2.75, 3.05) is 26.1 Å². The molecule has 0 aliphatic rings. The minimum Gasteiger partial charge on any atom is -0.493 e. The van der Waals surface area contributed by atoms with E-state index >= 15 is 0 Å². The third-order valence-electron chi connectivity index (χ3n) is 3.58. The van der Waals surface area contributed by atoms with Crippen LogP contribution >= 0.6 is 11.6 Å². The predicted molar refractivity (Wildman–Crippen MR) is 98.9 cm³/mol. The van der Waals surface area contributed by atoms with Crippen molar-refractivity contribution in [3.05, 3.63) is 53.1 Å². The summed E-state index contributed by atoms with van der Waals surface area (Å²) in [7, 11) is 3.11. The molecule has 0 aliphatic heterocycles. The lowest BCUT2D eigenvalue weighted by molar-refractivity contribution is -0.147. The molecule has 0 fully saturated rings. The molecular weight excluding hydrogens is 358 g/mol. The number of amides is 1. The smallest absolute Gasteiger partial charge is 0.306 e. The molecule has 0 radical (unpaired) electrons. The molecule has 0 aliphatic carbocycles. The highest BCUT2D eigenvalue weighted by molar-refractivity contribution is 6.33. The Bertz CT molecular complexity index is 778. The average molecular weight is 378 g/mol. The third kappa shape index (κ3) is 5.67. The molecule has 7 heteroatoms. The average Bonchev–Trinajstić information content (AvgIpc) is 2.66. The largest absolute Gasteiger partial charge is 0.493 e. The molecule has 2 aromatic rings. The van der Waals surface area contributed by atoms with Gasteiger partial charge in [0.15, 0.2) is 18.1 Å². The number of hydrogen-bond donors (Lipinski definition) is 1. The highest BCUT2D eigenvalue weighted by atomic mass is 35.5. The van der Waals surface area contributed by atoms with E-state index in [-0.39, 0.29) is 13.0 Å². The minimum atomic E-state index is -0.464. The molecule has 0 saturated heterocycles. The Morgan fingerprint density at radius 2 is 1.77 bits per heavy atom. The van der Waals surface area contributed by atoms with Gasteiger partial charge in [-0.2, -0.15) is 0 Å². The number of anilines is 1. The lowest BCUT2D eigenvalue weighted by Gasteiger charge is -2.10. The van der Waals surface area contributed by atoms with Crippen LogP contribution in [0.5, 0.6) is 11.5 Å². The summed E-state index contributed by atoms with van der Waals surface area (Å²) < 4.78 is 15.4. The van der Waals surface area contributed by atoms with Gasteiger partial charge in [0.25, 0.3) is 5.91 Å². The number of methoxy groups -OCH3 is 2. The second kappa shape index (κ2) is 9.68. The van der Waals surface area contributed by atoms with E-state index in [0.29, 0.717) is 28.6 Å². The van der Waals surface area contributed by atoms with Gasteiger partial charge in [-0.3, -0.25) is 9.59 Å². The zero-order chi connectivity index (χ0) is 18.9. The summed E-state index contributed by atoms with van der Waals surface area (Å²) >= 11 is 5.95. The van der Waals surface area contributed by atoms with E-state index in [1.54, 1.807) is 50.6 Å². The van der Waals surface area contributed by atoms with Crippen molar-refractivity contribution in [1.29, 1.82) is 0 Å².